The minimum atomic E-state index is -3.73. The van der Waals surface area contributed by atoms with Crippen molar-refractivity contribution < 1.29 is 17.4 Å². The molecular weight excluding hydrogens is 743 g/mol. The largest absolute Gasteiger partial charge is 0.147 e. The molecule has 50 heavy (non-hydrogen) atoms. The van der Waals surface area contributed by atoms with Crippen molar-refractivity contribution in [2.45, 2.75) is 103 Å². The fourth-order valence-corrected chi connectivity index (χ4v) is 29.6. The molecule has 3 atom stereocenters. The van der Waals surface area contributed by atoms with Crippen LogP contribution in [0.5, 0.6) is 0 Å². The van der Waals surface area contributed by atoms with Crippen molar-refractivity contribution in [3.8, 4) is 22.3 Å². The van der Waals surface area contributed by atoms with Gasteiger partial charge in [0.2, 0.25) is 0 Å². The molecule has 4 heteroatoms. The summed E-state index contributed by atoms with van der Waals surface area (Å²) < 4.78 is 6.60. The number of rotatable bonds is 6. The molecule has 0 amide bonds. The molecule has 0 aromatic heterocycles. The maximum absolute atomic E-state index is 3.73. The van der Waals surface area contributed by atoms with Crippen molar-refractivity contribution in [2.24, 2.45) is 5.92 Å². The predicted molar refractivity (Wildman–Crippen MR) is 227 cm³/mol. The minimum absolute atomic E-state index is 0. The Bertz CT molecular complexity index is 2030. The number of hydrogen-bond donors (Lipinski definition) is 0. The number of hydrogen-bond acceptors (Lipinski definition) is 0. The summed E-state index contributed by atoms with van der Waals surface area (Å²) in [6.45, 7) is 25.9. The van der Waals surface area contributed by atoms with Crippen molar-refractivity contribution in [3.63, 3.8) is 0 Å². The Morgan fingerprint density at radius 1 is 0.660 bits per heavy atom. The Morgan fingerprint density at radius 2 is 1.16 bits per heavy atom. The molecule has 2 aliphatic rings. The van der Waals surface area contributed by atoms with E-state index in [0.29, 0.717) is 13.2 Å². The van der Waals surface area contributed by atoms with Gasteiger partial charge in [-0.3, -0.25) is 0 Å². The van der Waals surface area contributed by atoms with Crippen LogP contribution < -0.4 is 0 Å². The SMILES string of the molecule is CCC(C)C1=Cc2c(-c3ccc(C(C)(C)C)cc3)cccc2[CH]1[Zr]([CH3])([CH3])(=[SiH2])[CH]1C(C)=Cc2c(-c3ccc(C(C)(C)C)cc3)cc(C)cc21.Cl.Cl. The topological polar surface area (TPSA) is 0 Å². The first-order chi connectivity index (χ1) is 22.3. The van der Waals surface area contributed by atoms with Crippen LogP contribution in [0.1, 0.15) is 115 Å². The number of halogens is 2. The zero-order chi connectivity index (χ0) is 35.0. The third-order valence-corrected chi connectivity index (χ3v) is 29.4. The second-order valence-electron chi connectivity index (χ2n) is 18.4. The van der Waals surface area contributed by atoms with E-state index >= 15 is 0 Å². The van der Waals surface area contributed by atoms with Gasteiger partial charge in [-0.05, 0) is 0 Å². The van der Waals surface area contributed by atoms with Crippen molar-refractivity contribution in [1.29, 1.82) is 0 Å². The molecule has 0 fully saturated rings. The summed E-state index contributed by atoms with van der Waals surface area (Å²) in [7, 11) is 0. The fourth-order valence-electron chi connectivity index (χ4n) is 9.14. The molecule has 0 saturated heterocycles. The van der Waals surface area contributed by atoms with E-state index < -0.39 is 17.4 Å². The molecule has 0 spiro atoms. The summed E-state index contributed by atoms with van der Waals surface area (Å²) in [5, 5.41) is 0. The maximum Gasteiger partial charge on any atom is -0.147 e. The Labute approximate surface area is 319 Å². The van der Waals surface area contributed by atoms with E-state index in [0.717, 1.165) is 0 Å². The summed E-state index contributed by atoms with van der Waals surface area (Å²) >= 11 is -3.73. The van der Waals surface area contributed by atoms with Crippen LogP contribution in [0.15, 0.2) is 90.0 Å². The third kappa shape index (κ3) is 7.18. The number of aryl methyl sites for hydroxylation is 1. The van der Waals surface area contributed by atoms with Crippen molar-refractivity contribution in [3.05, 3.63) is 129 Å². The number of benzene rings is 4. The van der Waals surface area contributed by atoms with Crippen LogP contribution in [0.25, 0.3) is 34.4 Å². The quantitative estimate of drug-likeness (QED) is 0.170. The summed E-state index contributed by atoms with van der Waals surface area (Å²) in [6, 6.07) is 31.0. The van der Waals surface area contributed by atoms with Crippen LogP contribution in [0.4, 0.5) is 0 Å². The Morgan fingerprint density at radius 3 is 1.66 bits per heavy atom. The number of allylic oxidation sites excluding steroid dienone is 2. The van der Waals surface area contributed by atoms with Crippen molar-refractivity contribution in [2.75, 3.05) is 0 Å². The average molecular weight is 803 g/mol. The van der Waals surface area contributed by atoms with Gasteiger partial charge < -0.3 is 0 Å². The first-order valence-corrected chi connectivity index (χ1v) is 31.9. The third-order valence-electron chi connectivity index (χ3n) is 11.8. The fraction of sp³-hybridized carbons (Fsp3) is 0.391. The van der Waals surface area contributed by atoms with E-state index in [1.54, 1.807) is 22.3 Å². The van der Waals surface area contributed by atoms with E-state index in [4.69, 9.17) is 0 Å². The standard InChI is InChI=1S/C23H27.C21H23.2CH3.2ClH.H2Si.Zr/c1-6-16(2)19-14-18-8-7-9-21(22(18)15-19)17-10-12-20(13-11-17)23(3,4)5;1-14-10-17-11-15(2)13-20(17)19(12-14)16-6-8-18(9-7-16)21(3,4)5;;;;;;/h7-16H,6H2,1-5H3;6-13H,1-5H3;2*1H3;2*1H;1H2;. The van der Waals surface area contributed by atoms with Crippen LogP contribution in [-0.4, -0.2) is 6.88 Å². The molecule has 4 aromatic carbocycles. The van der Waals surface area contributed by atoms with Crippen LogP contribution >= 0.6 is 24.8 Å². The molecular formula is C46H60Cl2SiZr. The van der Waals surface area contributed by atoms with Gasteiger partial charge in [-0.25, -0.2) is 0 Å². The van der Waals surface area contributed by atoms with E-state index in [9.17, 15) is 0 Å². The molecule has 4 aromatic rings. The van der Waals surface area contributed by atoms with Gasteiger partial charge in [0, 0.05) is 0 Å². The molecule has 6 rings (SSSR count). The smallest absolute Gasteiger partial charge is 0.147 e. The normalized spacial score (nSPS) is 17.9. The van der Waals surface area contributed by atoms with Crippen LogP contribution in [0.2, 0.25) is 9.26 Å². The van der Waals surface area contributed by atoms with Gasteiger partial charge in [-0.2, -0.15) is 0 Å². The molecule has 3 unspecified atom stereocenters. The summed E-state index contributed by atoms with van der Waals surface area (Å²) in [5.74, 6) is 0.551. The van der Waals surface area contributed by atoms with Gasteiger partial charge in [-0.1, -0.05) is 0 Å². The molecule has 0 radical (unpaired) electrons. The first kappa shape index (κ1) is 40.8. The minimum Gasteiger partial charge on any atom is -0.147 e. The molecule has 0 bridgehead atoms. The average Bonchev–Trinajstić information content (AvgIpc) is 3.58. The van der Waals surface area contributed by atoms with Gasteiger partial charge >= 0.3 is 297 Å². The molecule has 0 aliphatic heterocycles. The predicted octanol–water partition coefficient (Wildman–Crippen LogP) is 13.7. The zero-order valence-electron chi connectivity index (χ0n) is 32.6. The molecule has 266 valence electrons. The van der Waals surface area contributed by atoms with Crippen LogP contribution in [-0.2, 0) is 28.2 Å². The van der Waals surface area contributed by atoms with Crippen molar-refractivity contribution >= 4 is 43.8 Å². The van der Waals surface area contributed by atoms with Gasteiger partial charge in [0.25, 0.3) is 0 Å². The van der Waals surface area contributed by atoms with Gasteiger partial charge in [0.1, 0.15) is 0 Å². The van der Waals surface area contributed by atoms with Crippen LogP contribution in [0.3, 0.4) is 0 Å². The summed E-state index contributed by atoms with van der Waals surface area (Å²) in [6.07, 6.45) is 6.38. The molecule has 0 N–H and O–H groups in total. The van der Waals surface area contributed by atoms with E-state index in [2.05, 4.69) is 176 Å². The Balaban J connectivity index is 0.00000281. The van der Waals surface area contributed by atoms with E-state index in [-0.39, 0.29) is 35.6 Å². The second-order valence-corrected chi connectivity index (χ2v) is 48.9. The summed E-state index contributed by atoms with van der Waals surface area (Å²) in [5.41, 5.74) is 19.3. The van der Waals surface area contributed by atoms with Crippen LogP contribution in [0, 0.1) is 12.8 Å². The van der Waals surface area contributed by atoms with E-state index in [1.807, 2.05) is 0 Å². The van der Waals surface area contributed by atoms with E-state index in [1.165, 1.54) is 56.5 Å². The Kier molecular flexibility index (Phi) is 11.5. The first-order valence-electron chi connectivity index (χ1n) is 18.3. The molecule has 0 heterocycles. The Hall–Kier alpha value is -1.96. The van der Waals surface area contributed by atoms with Gasteiger partial charge in [0.15, 0.2) is 0 Å². The number of fused-ring (bicyclic) bond motifs is 2. The van der Waals surface area contributed by atoms with Gasteiger partial charge in [0.05, 0.1) is 0 Å². The second kappa shape index (κ2) is 14.1. The summed E-state index contributed by atoms with van der Waals surface area (Å²) in [4.78, 5) is 0. The molecule has 0 saturated carbocycles. The molecule has 2 aliphatic carbocycles. The monoisotopic (exact) mass is 800 g/mol. The van der Waals surface area contributed by atoms with Gasteiger partial charge in [-0.15, -0.1) is 24.8 Å². The maximum atomic E-state index is 2.79. The zero-order valence-corrected chi connectivity index (χ0v) is 38.1. The molecule has 0 nitrogen and oxygen atoms in total. The van der Waals surface area contributed by atoms with Crippen molar-refractivity contribution in [1.82, 2.24) is 0 Å².